The molecule has 0 aliphatic heterocycles. The summed E-state index contributed by atoms with van der Waals surface area (Å²) in [5, 5.41) is 9.71. The highest BCUT2D eigenvalue weighted by Gasteiger charge is 2.35. The molecule has 0 saturated carbocycles. The Morgan fingerprint density at radius 3 is 2.17 bits per heavy atom. The molecule has 0 aromatic heterocycles. The third-order valence-corrected chi connectivity index (χ3v) is 3.03. The molecule has 0 heterocycles. The van der Waals surface area contributed by atoms with Gasteiger partial charge in [-0.2, -0.15) is 0 Å². The maximum absolute atomic E-state index is 11.2. The number of rotatable bonds is 5. The quantitative estimate of drug-likeness (QED) is 0.707. The molecular formula is C8H14Cl2O2. The number of ketones is 1. The van der Waals surface area contributed by atoms with Gasteiger partial charge < -0.3 is 5.11 Å². The highest BCUT2D eigenvalue weighted by atomic mass is 35.5. The van der Waals surface area contributed by atoms with Gasteiger partial charge in [0.15, 0.2) is 0 Å². The topological polar surface area (TPSA) is 37.3 Å². The Kier molecular flexibility index (Phi) is 5.14. The molecule has 0 radical (unpaired) electrons. The van der Waals surface area contributed by atoms with Crippen LogP contribution in [0.15, 0.2) is 0 Å². The molecular weight excluding hydrogens is 199 g/mol. The van der Waals surface area contributed by atoms with E-state index in [1.165, 1.54) is 0 Å². The zero-order valence-corrected chi connectivity index (χ0v) is 8.82. The summed E-state index contributed by atoms with van der Waals surface area (Å²) >= 11 is 11.0. The fourth-order valence-corrected chi connectivity index (χ4v) is 1.62. The number of halogens is 2. The molecule has 2 nitrogen and oxygen atoms in total. The number of hydrogen-bond acceptors (Lipinski definition) is 2. The first-order valence-electron chi connectivity index (χ1n) is 3.88. The molecule has 0 aromatic carbocycles. The summed E-state index contributed by atoms with van der Waals surface area (Å²) < 4.78 is 0. The Morgan fingerprint density at radius 2 is 1.92 bits per heavy atom. The van der Waals surface area contributed by atoms with E-state index in [0.717, 1.165) is 0 Å². The summed E-state index contributed by atoms with van der Waals surface area (Å²) in [6, 6.07) is 0. The predicted molar refractivity (Wildman–Crippen MR) is 50.9 cm³/mol. The number of aliphatic hydroxyl groups is 1. The molecule has 0 bridgehead atoms. The Morgan fingerprint density at radius 1 is 1.50 bits per heavy atom. The maximum atomic E-state index is 11.2. The van der Waals surface area contributed by atoms with Crippen molar-refractivity contribution < 1.29 is 9.90 Å². The molecule has 1 atom stereocenters. The standard InChI is InChI=1S/C8H14Cl2O2/c1-3-7(11)6(2)8(12,4-9)5-10/h6,12H,3-5H2,1-2H3. The molecule has 12 heavy (non-hydrogen) atoms. The van der Waals surface area contributed by atoms with E-state index in [2.05, 4.69) is 0 Å². The van der Waals surface area contributed by atoms with Crippen LogP contribution in [0, 0.1) is 5.92 Å². The van der Waals surface area contributed by atoms with Gasteiger partial charge >= 0.3 is 0 Å². The van der Waals surface area contributed by atoms with Gasteiger partial charge in [0.2, 0.25) is 0 Å². The Labute approximate surface area is 82.9 Å². The van der Waals surface area contributed by atoms with E-state index in [9.17, 15) is 9.90 Å². The molecule has 1 N–H and O–H groups in total. The smallest absolute Gasteiger partial charge is 0.138 e. The lowest BCUT2D eigenvalue weighted by Crippen LogP contribution is -2.44. The van der Waals surface area contributed by atoms with Crippen molar-refractivity contribution in [3.05, 3.63) is 0 Å². The average molecular weight is 213 g/mol. The van der Waals surface area contributed by atoms with Crippen molar-refractivity contribution in [1.29, 1.82) is 0 Å². The highest BCUT2D eigenvalue weighted by Crippen LogP contribution is 2.22. The van der Waals surface area contributed by atoms with Crippen molar-refractivity contribution in [1.82, 2.24) is 0 Å². The van der Waals surface area contributed by atoms with Crippen LogP contribution in [-0.4, -0.2) is 28.3 Å². The fraction of sp³-hybridized carbons (Fsp3) is 0.875. The van der Waals surface area contributed by atoms with Gasteiger partial charge in [-0.1, -0.05) is 13.8 Å². The van der Waals surface area contributed by atoms with Crippen molar-refractivity contribution in [2.24, 2.45) is 5.92 Å². The van der Waals surface area contributed by atoms with Crippen LogP contribution in [0.1, 0.15) is 20.3 Å². The first-order chi connectivity index (χ1) is 5.51. The summed E-state index contributed by atoms with van der Waals surface area (Å²) in [5.74, 6) is -0.524. The first-order valence-corrected chi connectivity index (χ1v) is 4.95. The molecule has 0 aliphatic carbocycles. The van der Waals surface area contributed by atoms with Crippen LogP contribution in [0.2, 0.25) is 0 Å². The van der Waals surface area contributed by atoms with Gasteiger partial charge in [0, 0.05) is 12.3 Å². The van der Waals surface area contributed by atoms with Gasteiger partial charge in [0.1, 0.15) is 11.4 Å². The van der Waals surface area contributed by atoms with Crippen LogP contribution in [-0.2, 0) is 4.79 Å². The number of hydrogen-bond donors (Lipinski definition) is 1. The SMILES string of the molecule is CCC(=O)C(C)C(O)(CCl)CCl. The molecule has 0 spiro atoms. The first kappa shape index (κ1) is 12.2. The van der Waals surface area contributed by atoms with Crippen LogP contribution in [0.3, 0.4) is 0 Å². The van der Waals surface area contributed by atoms with E-state index >= 15 is 0 Å². The summed E-state index contributed by atoms with van der Waals surface area (Å²) in [6.45, 7) is 3.40. The minimum absolute atomic E-state index is 0.0105. The number of carbonyl (C=O) groups is 1. The van der Waals surface area contributed by atoms with Gasteiger partial charge in [0.25, 0.3) is 0 Å². The molecule has 72 valence electrons. The number of carbonyl (C=O) groups excluding carboxylic acids is 1. The summed E-state index contributed by atoms with van der Waals surface area (Å²) in [7, 11) is 0. The molecule has 0 aliphatic rings. The summed E-state index contributed by atoms with van der Waals surface area (Å²) in [6.07, 6.45) is 0.400. The van der Waals surface area contributed by atoms with E-state index in [4.69, 9.17) is 23.2 Å². The van der Waals surface area contributed by atoms with Crippen molar-refractivity contribution in [2.75, 3.05) is 11.8 Å². The minimum Gasteiger partial charge on any atom is -0.387 e. The van der Waals surface area contributed by atoms with Gasteiger partial charge in [-0.05, 0) is 0 Å². The second kappa shape index (κ2) is 5.05. The van der Waals surface area contributed by atoms with Crippen LogP contribution in [0.25, 0.3) is 0 Å². The van der Waals surface area contributed by atoms with Crippen molar-refractivity contribution in [3.63, 3.8) is 0 Å². The molecule has 0 saturated heterocycles. The molecule has 1 unspecified atom stereocenters. The van der Waals surface area contributed by atoms with Crippen molar-refractivity contribution in [2.45, 2.75) is 25.9 Å². The largest absolute Gasteiger partial charge is 0.387 e. The van der Waals surface area contributed by atoms with Crippen LogP contribution in [0.4, 0.5) is 0 Å². The Balaban J connectivity index is 4.40. The zero-order valence-electron chi connectivity index (χ0n) is 7.31. The van der Waals surface area contributed by atoms with Crippen molar-refractivity contribution in [3.8, 4) is 0 Å². The van der Waals surface area contributed by atoms with Crippen LogP contribution in [0.5, 0.6) is 0 Å². The van der Waals surface area contributed by atoms with Crippen LogP contribution >= 0.6 is 23.2 Å². The summed E-state index contributed by atoms with van der Waals surface area (Å²) in [5.41, 5.74) is -1.25. The number of Topliss-reactive ketones (excluding diaryl/α,β-unsaturated/α-hetero) is 1. The second-order valence-electron chi connectivity index (χ2n) is 2.91. The highest BCUT2D eigenvalue weighted by molar-refractivity contribution is 6.22. The molecule has 4 heteroatoms. The Bertz CT molecular complexity index is 155. The van der Waals surface area contributed by atoms with Gasteiger partial charge in [-0.25, -0.2) is 0 Å². The van der Waals surface area contributed by atoms with E-state index in [1.807, 2.05) is 0 Å². The van der Waals surface area contributed by atoms with Crippen molar-refractivity contribution >= 4 is 29.0 Å². The summed E-state index contributed by atoms with van der Waals surface area (Å²) in [4.78, 5) is 11.2. The van der Waals surface area contributed by atoms with Gasteiger partial charge in [0.05, 0.1) is 11.8 Å². The third kappa shape index (κ3) is 2.61. The maximum Gasteiger partial charge on any atom is 0.138 e. The predicted octanol–water partition coefficient (Wildman–Crippen LogP) is 1.81. The van der Waals surface area contributed by atoms with Crippen LogP contribution < -0.4 is 0 Å². The fourth-order valence-electron chi connectivity index (χ4n) is 0.873. The van der Waals surface area contributed by atoms with E-state index in [-0.39, 0.29) is 17.5 Å². The van der Waals surface area contributed by atoms with Gasteiger partial charge in [-0.15, -0.1) is 23.2 Å². The second-order valence-corrected chi connectivity index (χ2v) is 3.45. The van der Waals surface area contributed by atoms with Gasteiger partial charge in [-0.3, -0.25) is 4.79 Å². The lowest BCUT2D eigenvalue weighted by molar-refractivity contribution is -0.128. The van der Waals surface area contributed by atoms with E-state index < -0.39 is 11.5 Å². The van der Waals surface area contributed by atoms with E-state index in [1.54, 1.807) is 13.8 Å². The lowest BCUT2D eigenvalue weighted by atomic mass is 9.88. The normalized spacial score (nSPS) is 14.4. The van der Waals surface area contributed by atoms with E-state index in [0.29, 0.717) is 6.42 Å². The lowest BCUT2D eigenvalue weighted by Gasteiger charge is -2.28. The average Bonchev–Trinajstić information content (AvgIpc) is 2.14. The molecule has 0 amide bonds. The zero-order chi connectivity index (χ0) is 9.78. The number of alkyl halides is 2. The minimum atomic E-state index is -1.25. The molecule has 0 fully saturated rings. The Hall–Kier alpha value is 0.210. The third-order valence-electron chi connectivity index (χ3n) is 2.10. The monoisotopic (exact) mass is 212 g/mol. The molecule has 0 rings (SSSR count). The molecule has 0 aromatic rings.